The van der Waals surface area contributed by atoms with Crippen LogP contribution in [-0.4, -0.2) is 44.9 Å². The van der Waals surface area contributed by atoms with E-state index >= 15 is 0 Å². The number of aryl methyl sites for hydroxylation is 1. The average Bonchev–Trinajstić information content (AvgIpc) is 3.01. The molecule has 0 atom stereocenters. The summed E-state index contributed by atoms with van der Waals surface area (Å²) in [6.07, 6.45) is 1.42. The summed E-state index contributed by atoms with van der Waals surface area (Å²) in [5, 5.41) is 17.1. The molecule has 9 heteroatoms. The number of hydrogen-bond acceptors (Lipinski definition) is 7. The van der Waals surface area contributed by atoms with Crippen LogP contribution in [0, 0.1) is 6.92 Å². The van der Waals surface area contributed by atoms with Gasteiger partial charge in [-0.2, -0.15) is 10.2 Å². The Kier molecular flexibility index (Phi) is 3.01. The molecule has 1 amide bonds. The van der Waals surface area contributed by atoms with Crippen LogP contribution in [0.25, 0.3) is 5.69 Å². The SMILES string of the molecule is [2H]C([2H])([2H])NC(=O)c1nnccc1Nc1cccc2c1N(C)Cc1nc(C)nn1-2. The summed E-state index contributed by atoms with van der Waals surface area (Å²) in [4.78, 5) is 18.8. The van der Waals surface area contributed by atoms with Gasteiger partial charge in [-0.25, -0.2) is 9.67 Å². The van der Waals surface area contributed by atoms with Crippen LogP contribution in [0.3, 0.4) is 0 Å². The predicted molar refractivity (Wildman–Crippen MR) is 96.9 cm³/mol. The average molecular weight is 353 g/mol. The molecule has 1 aliphatic rings. The van der Waals surface area contributed by atoms with Gasteiger partial charge in [0.05, 0.1) is 35.5 Å². The zero-order chi connectivity index (χ0) is 20.8. The molecular weight excluding hydrogens is 332 g/mol. The lowest BCUT2D eigenvalue weighted by Crippen LogP contribution is -2.27. The molecule has 3 aromatic rings. The maximum Gasteiger partial charge on any atom is 0.273 e. The smallest absolute Gasteiger partial charge is 0.273 e. The first-order valence-corrected chi connectivity index (χ1v) is 7.91. The summed E-state index contributed by atoms with van der Waals surface area (Å²) in [6.45, 7) is -0.224. The minimum atomic E-state index is -2.63. The molecule has 0 unspecified atom stereocenters. The van der Waals surface area contributed by atoms with Crippen LogP contribution in [0.5, 0.6) is 0 Å². The number of carbonyl (C=O) groups excluding carboxylic acids is 1. The van der Waals surface area contributed by atoms with Gasteiger partial charge >= 0.3 is 0 Å². The van der Waals surface area contributed by atoms with E-state index in [-0.39, 0.29) is 5.69 Å². The van der Waals surface area contributed by atoms with Crippen LogP contribution in [0.2, 0.25) is 0 Å². The van der Waals surface area contributed by atoms with Crippen molar-refractivity contribution in [3.05, 3.63) is 47.8 Å². The van der Waals surface area contributed by atoms with Gasteiger partial charge in [0.2, 0.25) is 0 Å². The van der Waals surface area contributed by atoms with Gasteiger partial charge in [-0.1, -0.05) is 6.07 Å². The molecule has 0 radical (unpaired) electrons. The fraction of sp³-hybridized carbons (Fsp3) is 0.235. The number of rotatable bonds is 3. The number of hydrogen-bond donors (Lipinski definition) is 2. The molecule has 0 fully saturated rings. The molecule has 26 heavy (non-hydrogen) atoms. The minimum Gasteiger partial charge on any atom is -0.364 e. The maximum absolute atomic E-state index is 12.3. The molecule has 0 aliphatic carbocycles. The second-order valence-corrected chi connectivity index (χ2v) is 5.89. The summed E-state index contributed by atoms with van der Waals surface area (Å²) in [6, 6.07) is 7.21. The molecule has 0 saturated heterocycles. The van der Waals surface area contributed by atoms with E-state index in [4.69, 9.17) is 4.11 Å². The van der Waals surface area contributed by atoms with Gasteiger partial charge in [-0.15, -0.1) is 5.10 Å². The Labute approximate surface area is 154 Å². The quantitative estimate of drug-likeness (QED) is 0.734. The summed E-state index contributed by atoms with van der Waals surface area (Å²) >= 11 is 0. The van der Waals surface area contributed by atoms with E-state index in [1.807, 2.05) is 42.4 Å². The van der Waals surface area contributed by atoms with E-state index in [0.29, 0.717) is 23.7 Å². The van der Waals surface area contributed by atoms with Crippen molar-refractivity contribution in [1.29, 1.82) is 0 Å². The van der Waals surface area contributed by atoms with Gasteiger partial charge in [0.15, 0.2) is 11.5 Å². The van der Waals surface area contributed by atoms with Crippen molar-refractivity contribution in [1.82, 2.24) is 30.3 Å². The number of anilines is 3. The normalized spacial score (nSPS) is 14.5. The number of nitrogens with zero attached hydrogens (tertiary/aromatic N) is 6. The molecule has 1 aliphatic heterocycles. The van der Waals surface area contributed by atoms with Crippen LogP contribution in [-0.2, 0) is 6.54 Å². The Balaban J connectivity index is 1.74. The summed E-state index contributed by atoms with van der Waals surface area (Å²) in [5.41, 5.74) is 2.64. The second-order valence-electron chi connectivity index (χ2n) is 5.89. The Morgan fingerprint density at radius 2 is 2.19 bits per heavy atom. The van der Waals surface area contributed by atoms with Crippen molar-refractivity contribution < 1.29 is 8.91 Å². The first-order valence-electron chi connectivity index (χ1n) is 9.41. The molecule has 0 saturated carbocycles. The van der Waals surface area contributed by atoms with E-state index in [1.165, 1.54) is 6.20 Å². The van der Waals surface area contributed by atoms with Gasteiger partial charge in [-0.05, 0) is 25.1 Å². The maximum atomic E-state index is 12.3. The predicted octanol–water partition coefficient (Wildman–Crippen LogP) is 1.42. The van der Waals surface area contributed by atoms with Crippen LogP contribution in [0.4, 0.5) is 17.1 Å². The number of para-hydroxylation sites is 1. The van der Waals surface area contributed by atoms with Crippen LogP contribution in [0.15, 0.2) is 30.5 Å². The molecule has 0 spiro atoms. The Morgan fingerprint density at radius 1 is 1.31 bits per heavy atom. The zero-order valence-corrected chi connectivity index (χ0v) is 14.2. The van der Waals surface area contributed by atoms with Crippen molar-refractivity contribution in [3.63, 3.8) is 0 Å². The molecule has 1 aromatic carbocycles. The fourth-order valence-corrected chi connectivity index (χ4v) is 3.05. The highest BCUT2D eigenvalue weighted by Gasteiger charge is 2.25. The van der Waals surface area contributed by atoms with Crippen LogP contribution in [0.1, 0.15) is 26.2 Å². The molecule has 4 rings (SSSR count). The lowest BCUT2D eigenvalue weighted by molar-refractivity contribution is 0.0958. The number of benzene rings is 1. The standard InChI is InChI=1S/C17H18N8O/c1-10-20-14-9-24(3)16-12(5-4-6-13(16)25(14)23-10)21-11-7-8-19-22-15(11)17(26)18-2/h4-8H,9H2,1-3H3,(H,18,26)(H,19,21)/i2D3. The molecule has 2 N–H and O–H groups in total. The second kappa shape index (κ2) is 6.10. The van der Waals surface area contributed by atoms with Gasteiger partial charge in [-0.3, -0.25) is 4.79 Å². The molecular formula is C17H18N8O. The third kappa shape index (κ3) is 2.53. The highest BCUT2D eigenvalue weighted by atomic mass is 16.1. The third-order valence-corrected chi connectivity index (χ3v) is 4.10. The van der Waals surface area contributed by atoms with Crippen molar-refractivity contribution in [3.8, 4) is 5.69 Å². The number of aromatic nitrogens is 5. The number of amides is 1. The van der Waals surface area contributed by atoms with Crippen LogP contribution < -0.4 is 15.5 Å². The summed E-state index contributed by atoms with van der Waals surface area (Å²) in [5.74, 6) is 0.674. The van der Waals surface area contributed by atoms with Crippen molar-refractivity contribution in [2.45, 2.75) is 13.5 Å². The molecule has 9 nitrogen and oxygen atoms in total. The molecule has 0 bridgehead atoms. The zero-order valence-electron chi connectivity index (χ0n) is 17.2. The van der Waals surface area contributed by atoms with Gasteiger partial charge in [0.1, 0.15) is 5.82 Å². The first-order chi connectivity index (χ1) is 13.7. The van der Waals surface area contributed by atoms with Crippen molar-refractivity contribution >= 4 is 23.0 Å². The number of fused-ring (bicyclic) bond motifs is 3. The summed E-state index contributed by atoms with van der Waals surface area (Å²) in [7, 11) is 1.94. The monoisotopic (exact) mass is 353 g/mol. The molecule has 3 heterocycles. The van der Waals surface area contributed by atoms with E-state index in [2.05, 4.69) is 25.6 Å². The fourth-order valence-electron chi connectivity index (χ4n) is 3.05. The minimum absolute atomic E-state index is 0.114. The highest BCUT2D eigenvalue weighted by Crippen LogP contribution is 2.38. The lowest BCUT2D eigenvalue weighted by Gasteiger charge is -2.29. The molecule has 132 valence electrons. The Bertz CT molecular complexity index is 1090. The largest absolute Gasteiger partial charge is 0.364 e. The topological polar surface area (TPSA) is 101 Å². The first kappa shape index (κ1) is 12.8. The van der Waals surface area contributed by atoms with E-state index in [0.717, 1.165) is 17.2 Å². The van der Waals surface area contributed by atoms with E-state index in [1.54, 1.807) is 10.7 Å². The van der Waals surface area contributed by atoms with E-state index < -0.39 is 12.9 Å². The van der Waals surface area contributed by atoms with Crippen molar-refractivity contribution in [2.75, 3.05) is 24.2 Å². The highest BCUT2D eigenvalue weighted by molar-refractivity contribution is 5.98. The van der Waals surface area contributed by atoms with Gasteiger partial charge in [0.25, 0.3) is 5.91 Å². The van der Waals surface area contributed by atoms with E-state index in [9.17, 15) is 4.79 Å². The Morgan fingerprint density at radius 3 is 3.04 bits per heavy atom. The lowest BCUT2D eigenvalue weighted by atomic mass is 10.1. The van der Waals surface area contributed by atoms with Gasteiger partial charge < -0.3 is 15.5 Å². The van der Waals surface area contributed by atoms with Crippen LogP contribution >= 0.6 is 0 Å². The third-order valence-electron chi connectivity index (χ3n) is 4.10. The van der Waals surface area contributed by atoms with Gasteiger partial charge in [0, 0.05) is 18.1 Å². The number of carbonyl (C=O) groups is 1. The summed E-state index contributed by atoms with van der Waals surface area (Å²) < 4.78 is 23.5. The molecule has 2 aromatic heterocycles. The Hall–Kier alpha value is -3.49. The van der Waals surface area contributed by atoms with Crippen molar-refractivity contribution in [2.24, 2.45) is 0 Å². The number of nitrogens with one attached hydrogen (secondary N) is 2.